The minimum absolute atomic E-state index is 0.0323. The van der Waals surface area contributed by atoms with Crippen LogP contribution in [0.4, 0.5) is 0 Å². The maximum atomic E-state index is 13.6. The molecule has 0 spiro atoms. The average Bonchev–Trinajstić information content (AvgIpc) is 2.83. The summed E-state index contributed by atoms with van der Waals surface area (Å²) < 4.78 is 0. The molecule has 0 bridgehead atoms. The van der Waals surface area contributed by atoms with Crippen molar-refractivity contribution in [1.82, 2.24) is 10.2 Å². The second-order valence-electron chi connectivity index (χ2n) is 8.89. The van der Waals surface area contributed by atoms with Gasteiger partial charge in [-0.25, -0.2) is 0 Å². The van der Waals surface area contributed by atoms with Gasteiger partial charge in [-0.1, -0.05) is 77.8 Å². The number of nitrogens with one attached hydrogen (secondary N) is 1. The number of benzene rings is 3. The van der Waals surface area contributed by atoms with Crippen LogP contribution in [-0.4, -0.2) is 34.6 Å². The standard InChI is InChI=1S/C29H33ClN2O2S/c1-21(2)31-29(34)27(19-23-9-5-4-6-10-23)32(20-24-11-7-8-12-26(24)30)28(33)17-18-35-25-15-13-22(3)14-16-25/h4-16,21,27H,17-20H2,1-3H3,(H,31,34). The predicted molar refractivity (Wildman–Crippen MR) is 146 cm³/mol. The van der Waals surface area contributed by atoms with Crippen molar-refractivity contribution in [2.45, 2.75) is 57.1 Å². The summed E-state index contributed by atoms with van der Waals surface area (Å²) in [5.41, 5.74) is 3.03. The number of halogens is 1. The van der Waals surface area contributed by atoms with Crippen molar-refractivity contribution < 1.29 is 9.59 Å². The molecule has 0 aromatic heterocycles. The number of amides is 2. The van der Waals surface area contributed by atoms with Gasteiger partial charge in [0.1, 0.15) is 6.04 Å². The number of nitrogens with zero attached hydrogens (tertiary/aromatic N) is 1. The van der Waals surface area contributed by atoms with Crippen LogP contribution in [0.3, 0.4) is 0 Å². The van der Waals surface area contributed by atoms with E-state index in [0.29, 0.717) is 23.6 Å². The zero-order chi connectivity index (χ0) is 25.2. The Kier molecular flexibility index (Phi) is 10.2. The van der Waals surface area contributed by atoms with Crippen LogP contribution in [0.15, 0.2) is 83.8 Å². The highest BCUT2D eigenvalue weighted by molar-refractivity contribution is 7.99. The molecule has 4 nitrogen and oxygen atoms in total. The first-order valence-corrected chi connectivity index (χ1v) is 13.3. The Morgan fingerprint density at radius 2 is 1.60 bits per heavy atom. The topological polar surface area (TPSA) is 49.4 Å². The first kappa shape index (κ1) is 26.8. The van der Waals surface area contributed by atoms with Crippen molar-refractivity contribution in [2.75, 3.05) is 5.75 Å². The predicted octanol–water partition coefficient (Wildman–Crippen LogP) is 6.30. The van der Waals surface area contributed by atoms with E-state index >= 15 is 0 Å². The van der Waals surface area contributed by atoms with E-state index in [1.807, 2.05) is 68.4 Å². The van der Waals surface area contributed by atoms with E-state index in [0.717, 1.165) is 16.0 Å². The van der Waals surface area contributed by atoms with Gasteiger partial charge in [-0.15, -0.1) is 11.8 Å². The molecule has 0 radical (unpaired) electrons. The summed E-state index contributed by atoms with van der Waals surface area (Å²) in [6.45, 7) is 6.18. The van der Waals surface area contributed by atoms with Gasteiger partial charge < -0.3 is 10.2 Å². The summed E-state index contributed by atoms with van der Waals surface area (Å²) >= 11 is 8.10. The van der Waals surface area contributed by atoms with Gasteiger partial charge in [-0.05, 0) is 50.1 Å². The normalized spacial score (nSPS) is 11.8. The molecule has 0 heterocycles. The van der Waals surface area contributed by atoms with Gasteiger partial charge in [-0.2, -0.15) is 0 Å². The molecule has 0 aliphatic heterocycles. The van der Waals surface area contributed by atoms with Crippen molar-refractivity contribution in [3.63, 3.8) is 0 Å². The van der Waals surface area contributed by atoms with Gasteiger partial charge in [0.05, 0.1) is 0 Å². The fourth-order valence-corrected chi connectivity index (χ4v) is 4.82. The molecule has 1 unspecified atom stereocenters. The molecule has 1 atom stereocenters. The molecule has 0 saturated carbocycles. The molecule has 0 aliphatic carbocycles. The Hall–Kier alpha value is -2.76. The van der Waals surface area contributed by atoms with Crippen LogP contribution < -0.4 is 5.32 Å². The van der Waals surface area contributed by atoms with Crippen LogP contribution in [0.25, 0.3) is 0 Å². The summed E-state index contributed by atoms with van der Waals surface area (Å²) in [6, 6.07) is 24.9. The third-order valence-corrected chi connectivity index (χ3v) is 6.99. The lowest BCUT2D eigenvalue weighted by Crippen LogP contribution is -2.51. The van der Waals surface area contributed by atoms with Crippen molar-refractivity contribution in [3.8, 4) is 0 Å². The van der Waals surface area contributed by atoms with Gasteiger partial charge in [0, 0.05) is 41.1 Å². The highest BCUT2D eigenvalue weighted by Crippen LogP contribution is 2.23. The Morgan fingerprint density at radius 3 is 2.26 bits per heavy atom. The van der Waals surface area contributed by atoms with Crippen molar-refractivity contribution >= 4 is 35.2 Å². The SMILES string of the molecule is Cc1ccc(SCCC(=O)N(Cc2ccccc2Cl)C(Cc2ccccc2)C(=O)NC(C)C)cc1. The number of aryl methyl sites for hydroxylation is 1. The summed E-state index contributed by atoms with van der Waals surface area (Å²) in [6.07, 6.45) is 0.754. The van der Waals surface area contributed by atoms with Crippen molar-refractivity contribution in [3.05, 3.63) is 101 Å². The maximum absolute atomic E-state index is 13.6. The highest BCUT2D eigenvalue weighted by Gasteiger charge is 2.30. The molecular formula is C29H33ClN2O2S. The molecule has 35 heavy (non-hydrogen) atoms. The number of rotatable bonds is 11. The van der Waals surface area contributed by atoms with Gasteiger partial charge in [0.25, 0.3) is 0 Å². The molecule has 3 aromatic rings. The molecule has 0 aliphatic rings. The Labute approximate surface area is 218 Å². The van der Waals surface area contributed by atoms with E-state index in [2.05, 4.69) is 36.5 Å². The maximum Gasteiger partial charge on any atom is 0.243 e. The molecule has 2 amide bonds. The Bertz CT molecular complexity index is 1100. The number of hydrogen-bond acceptors (Lipinski definition) is 3. The second kappa shape index (κ2) is 13.4. The second-order valence-corrected chi connectivity index (χ2v) is 10.5. The van der Waals surface area contributed by atoms with Crippen LogP contribution in [0, 0.1) is 6.92 Å². The van der Waals surface area contributed by atoms with E-state index in [-0.39, 0.29) is 24.4 Å². The lowest BCUT2D eigenvalue weighted by atomic mass is 10.0. The fraction of sp³-hybridized carbons (Fsp3) is 0.310. The zero-order valence-electron chi connectivity index (χ0n) is 20.5. The molecule has 1 N–H and O–H groups in total. The molecule has 3 aromatic carbocycles. The average molecular weight is 509 g/mol. The number of carbonyl (C=O) groups excluding carboxylic acids is 2. The van der Waals surface area contributed by atoms with Crippen molar-refractivity contribution in [1.29, 1.82) is 0 Å². The van der Waals surface area contributed by atoms with E-state index in [9.17, 15) is 9.59 Å². The fourth-order valence-electron chi connectivity index (χ4n) is 3.78. The van der Waals surface area contributed by atoms with E-state index < -0.39 is 6.04 Å². The highest BCUT2D eigenvalue weighted by atomic mass is 35.5. The molecule has 184 valence electrons. The van der Waals surface area contributed by atoms with Crippen LogP contribution in [-0.2, 0) is 22.6 Å². The Morgan fingerprint density at radius 1 is 0.943 bits per heavy atom. The monoisotopic (exact) mass is 508 g/mol. The van der Waals surface area contributed by atoms with Crippen LogP contribution >= 0.6 is 23.4 Å². The van der Waals surface area contributed by atoms with Crippen molar-refractivity contribution in [2.24, 2.45) is 0 Å². The van der Waals surface area contributed by atoms with Gasteiger partial charge in [0.2, 0.25) is 11.8 Å². The summed E-state index contributed by atoms with van der Waals surface area (Å²) in [5, 5.41) is 3.60. The Balaban J connectivity index is 1.85. The van der Waals surface area contributed by atoms with Gasteiger partial charge >= 0.3 is 0 Å². The minimum Gasteiger partial charge on any atom is -0.352 e. The molecule has 0 saturated heterocycles. The summed E-state index contributed by atoms with van der Waals surface area (Å²) in [5.74, 6) is 0.407. The third-order valence-electron chi connectivity index (χ3n) is 5.61. The van der Waals surface area contributed by atoms with Gasteiger partial charge in [-0.3, -0.25) is 9.59 Å². The summed E-state index contributed by atoms with van der Waals surface area (Å²) in [7, 11) is 0. The largest absolute Gasteiger partial charge is 0.352 e. The number of hydrogen-bond donors (Lipinski definition) is 1. The molecule has 6 heteroatoms. The third kappa shape index (κ3) is 8.44. The smallest absolute Gasteiger partial charge is 0.243 e. The lowest BCUT2D eigenvalue weighted by Gasteiger charge is -2.32. The van der Waals surface area contributed by atoms with E-state index in [4.69, 9.17) is 11.6 Å². The lowest BCUT2D eigenvalue weighted by molar-refractivity contribution is -0.141. The molecule has 0 fully saturated rings. The van der Waals surface area contributed by atoms with E-state index in [1.54, 1.807) is 16.7 Å². The van der Waals surface area contributed by atoms with Crippen LogP contribution in [0.2, 0.25) is 5.02 Å². The minimum atomic E-state index is -0.645. The van der Waals surface area contributed by atoms with Crippen LogP contribution in [0.1, 0.15) is 37.0 Å². The molecule has 3 rings (SSSR count). The molecular weight excluding hydrogens is 476 g/mol. The number of carbonyl (C=O) groups is 2. The van der Waals surface area contributed by atoms with Crippen LogP contribution in [0.5, 0.6) is 0 Å². The summed E-state index contributed by atoms with van der Waals surface area (Å²) in [4.78, 5) is 29.8. The van der Waals surface area contributed by atoms with E-state index in [1.165, 1.54) is 5.56 Å². The first-order valence-electron chi connectivity index (χ1n) is 11.9. The quantitative estimate of drug-likeness (QED) is 0.309. The zero-order valence-corrected chi connectivity index (χ0v) is 22.1. The number of thioether (sulfide) groups is 1. The van der Waals surface area contributed by atoms with Gasteiger partial charge in [0.15, 0.2) is 0 Å². The first-order chi connectivity index (χ1) is 16.8.